The minimum atomic E-state index is -3.16. The first-order valence-corrected chi connectivity index (χ1v) is 9.15. The number of likely N-dealkylation sites (tertiary alicyclic amines) is 1. The Labute approximate surface area is 125 Å². The van der Waals surface area contributed by atoms with Crippen molar-refractivity contribution < 1.29 is 23.1 Å². The second kappa shape index (κ2) is 6.50. The van der Waals surface area contributed by atoms with Crippen molar-refractivity contribution in [1.82, 2.24) is 10.2 Å². The number of hydrogen-bond acceptors (Lipinski definition) is 5. The lowest BCUT2D eigenvalue weighted by atomic mass is 9.99. The number of urea groups is 1. The fourth-order valence-electron chi connectivity index (χ4n) is 3.36. The Kier molecular flexibility index (Phi) is 5.11. The molecule has 0 aromatic rings. The maximum absolute atomic E-state index is 12.4. The van der Waals surface area contributed by atoms with Gasteiger partial charge in [-0.05, 0) is 12.8 Å². The first-order valence-electron chi connectivity index (χ1n) is 7.33. The number of nitrogens with zero attached hydrogens (tertiary/aromatic N) is 1. The van der Waals surface area contributed by atoms with Crippen LogP contribution in [0, 0.1) is 5.92 Å². The summed E-state index contributed by atoms with van der Waals surface area (Å²) in [6.45, 7) is 2.64. The lowest BCUT2D eigenvalue weighted by Gasteiger charge is -2.29. The molecule has 0 aromatic heterocycles. The summed E-state index contributed by atoms with van der Waals surface area (Å²) in [5.41, 5.74) is 0. The lowest BCUT2D eigenvalue weighted by Crippen LogP contribution is -2.51. The molecular formula is C13H24N2O5S. The molecule has 8 heteroatoms. The maximum atomic E-state index is 12.4. The number of methoxy groups -OCH3 is 1. The molecule has 4 atom stereocenters. The Hall–Kier alpha value is -0.860. The van der Waals surface area contributed by atoms with Crippen molar-refractivity contribution in [3.8, 4) is 0 Å². The number of aliphatic hydroxyl groups is 1. The van der Waals surface area contributed by atoms with Crippen LogP contribution in [-0.2, 0) is 14.6 Å². The first kappa shape index (κ1) is 16.5. The van der Waals surface area contributed by atoms with Gasteiger partial charge in [-0.15, -0.1) is 0 Å². The average molecular weight is 320 g/mol. The zero-order valence-corrected chi connectivity index (χ0v) is 13.3. The standard InChI is InChI=1S/C13H24N2O5S/c1-3-11-9(6-16)4-5-15(11)13(17)14-10-7-21(18,19)8-12(10)20-2/h9-12,16H,3-8H2,1-2H3,(H,14,17). The Morgan fingerprint density at radius 2 is 2.14 bits per heavy atom. The predicted octanol–water partition coefficient (Wildman–Crippen LogP) is -0.399. The molecule has 0 spiro atoms. The van der Waals surface area contributed by atoms with Crippen molar-refractivity contribution in [1.29, 1.82) is 0 Å². The van der Waals surface area contributed by atoms with Crippen LogP contribution in [0.1, 0.15) is 19.8 Å². The van der Waals surface area contributed by atoms with E-state index in [0.717, 1.165) is 12.8 Å². The third-order valence-electron chi connectivity index (χ3n) is 4.51. The monoisotopic (exact) mass is 320 g/mol. The van der Waals surface area contributed by atoms with Gasteiger partial charge in [0.25, 0.3) is 0 Å². The molecule has 0 bridgehead atoms. The van der Waals surface area contributed by atoms with E-state index in [-0.39, 0.29) is 36.1 Å². The third kappa shape index (κ3) is 3.49. The number of carbonyl (C=O) groups is 1. The molecule has 122 valence electrons. The summed E-state index contributed by atoms with van der Waals surface area (Å²) >= 11 is 0. The van der Waals surface area contributed by atoms with Crippen molar-refractivity contribution in [2.45, 2.75) is 38.0 Å². The smallest absolute Gasteiger partial charge is 0.317 e. The summed E-state index contributed by atoms with van der Waals surface area (Å²) in [5.74, 6) is -0.0257. The number of aliphatic hydroxyl groups excluding tert-OH is 1. The van der Waals surface area contributed by atoms with E-state index in [1.165, 1.54) is 7.11 Å². The number of ether oxygens (including phenoxy) is 1. The van der Waals surface area contributed by atoms with Crippen LogP contribution in [0.4, 0.5) is 4.79 Å². The van der Waals surface area contributed by atoms with Gasteiger partial charge in [0.15, 0.2) is 9.84 Å². The quantitative estimate of drug-likeness (QED) is 0.735. The lowest BCUT2D eigenvalue weighted by molar-refractivity contribution is 0.0959. The molecule has 2 N–H and O–H groups in total. The molecule has 2 rings (SSSR count). The van der Waals surface area contributed by atoms with Gasteiger partial charge in [0, 0.05) is 32.2 Å². The van der Waals surface area contributed by atoms with Crippen molar-refractivity contribution in [3.05, 3.63) is 0 Å². The topological polar surface area (TPSA) is 95.9 Å². The SMILES string of the molecule is CCC1C(CO)CCN1C(=O)NC1CS(=O)(=O)CC1OC. The maximum Gasteiger partial charge on any atom is 0.317 e. The number of carbonyl (C=O) groups excluding carboxylic acids is 1. The summed E-state index contributed by atoms with van der Waals surface area (Å²) in [5, 5.41) is 12.1. The Balaban J connectivity index is 2.01. The molecule has 2 aliphatic rings. The van der Waals surface area contributed by atoms with E-state index in [1.807, 2.05) is 6.92 Å². The van der Waals surface area contributed by atoms with Crippen molar-refractivity contribution in [3.63, 3.8) is 0 Å². The molecule has 2 saturated heterocycles. The molecule has 0 radical (unpaired) electrons. The van der Waals surface area contributed by atoms with Gasteiger partial charge in [0.1, 0.15) is 0 Å². The summed E-state index contributed by atoms with van der Waals surface area (Å²) in [4.78, 5) is 14.1. The van der Waals surface area contributed by atoms with Gasteiger partial charge in [-0.2, -0.15) is 0 Å². The van der Waals surface area contributed by atoms with Gasteiger partial charge in [-0.25, -0.2) is 13.2 Å². The van der Waals surface area contributed by atoms with Crippen LogP contribution in [0.2, 0.25) is 0 Å². The highest BCUT2D eigenvalue weighted by atomic mass is 32.2. The van der Waals surface area contributed by atoms with E-state index in [0.29, 0.717) is 6.54 Å². The normalized spacial score (nSPS) is 35.1. The summed E-state index contributed by atoms with van der Waals surface area (Å²) < 4.78 is 28.5. The molecule has 2 amide bonds. The molecule has 4 unspecified atom stereocenters. The summed E-state index contributed by atoms with van der Waals surface area (Å²) in [6.07, 6.45) is 1.06. The first-order chi connectivity index (χ1) is 9.91. The number of amides is 2. The van der Waals surface area contributed by atoms with Crippen molar-refractivity contribution >= 4 is 15.9 Å². The van der Waals surface area contributed by atoms with E-state index >= 15 is 0 Å². The summed E-state index contributed by atoms with van der Waals surface area (Å²) in [6, 6.07) is -0.755. The molecule has 0 aromatic carbocycles. The second-order valence-corrected chi connectivity index (χ2v) is 7.96. The highest BCUT2D eigenvalue weighted by molar-refractivity contribution is 7.91. The molecule has 21 heavy (non-hydrogen) atoms. The minimum absolute atomic E-state index is 0.00834. The molecule has 2 aliphatic heterocycles. The van der Waals surface area contributed by atoms with E-state index < -0.39 is 22.0 Å². The Morgan fingerprint density at radius 1 is 1.43 bits per heavy atom. The van der Waals surface area contributed by atoms with E-state index in [4.69, 9.17) is 4.74 Å². The van der Waals surface area contributed by atoms with Crippen LogP contribution in [0.25, 0.3) is 0 Å². The number of hydrogen-bond donors (Lipinski definition) is 2. The molecule has 0 saturated carbocycles. The van der Waals surface area contributed by atoms with E-state index in [2.05, 4.69) is 5.32 Å². The van der Waals surface area contributed by atoms with Gasteiger partial charge in [-0.1, -0.05) is 6.92 Å². The Morgan fingerprint density at radius 3 is 2.71 bits per heavy atom. The number of sulfone groups is 1. The highest BCUT2D eigenvalue weighted by Crippen LogP contribution is 2.26. The Bertz CT molecular complexity index is 481. The van der Waals surface area contributed by atoms with Crippen molar-refractivity contribution in [2.24, 2.45) is 5.92 Å². The third-order valence-corrected chi connectivity index (χ3v) is 6.21. The zero-order chi connectivity index (χ0) is 15.6. The van der Waals surface area contributed by atoms with E-state index in [9.17, 15) is 18.3 Å². The minimum Gasteiger partial charge on any atom is -0.396 e. The number of nitrogens with one attached hydrogen (secondary N) is 1. The molecule has 7 nitrogen and oxygen atoms in total. The van der Waals surface area contributed by atoms with Crippen molar-refractivity contribution in [2.75, 3.05) is 31.8 Å². The molecule has 2 heterocycles. The van der Waals surface area contributed by atoms with Crippen LogP contribution < -0.4 is 5.32 Å². The molecule has 2 fully saturated rings. The van der Waals surface area contributed by atoms with Crippen LogP contribution in [0.15, 0.2) is 0 Å². The highest BCUT2D eigenvalue weighted by Gasteiger charge is 2.41. The van der Waals surface area contributed by atoms with Gasteiger partial charge in [-0.3, -0.25) is 0 Å². The fraction of sp³-hybridized carbons (Fsp3) is 0.923. The largest absolute Gasteiger partial charge is 0.396 e. The van der Waals surface area contributed by atoms with Crippen LogP contribution in [0.5, 0.6) is 0 Å². The summed E-state index contributed by atoms with van der Waals surface area (Å²) in [7, 11) is -1.70. The number of rotatable bonds is 4. The van der Waals surface area contributed by atoms with Gasteiger partial charge < -0.3 is 20.1 Å². The van der Waals surface area contributed by atoms with Gasteiger partial charge >= 0.3 is 6.03 Å². The van der Waals surface area contributed by atoms with Crippen LogP contribution in [-0.4, -0.2) is 74.4 Å². The second-order valence-electron chi connectivity index (χ2n) is 5.81. The predicted molar refractivity (Wildman–Crippen MR) is 77.7 cm³/mol. The van der Waals surface area contributed by atoms with Gasteiger partial charge in [0.2, 0.25) is 0 Å². The molecule has 0 aliphatic carbocycles. The average Bonchev–Trinajstić information content (AvgIpc) is 2.98. The van der Waals surface area contributed by atoms with Crippen LogP contribution in [0.3, 0.4) is 0 Å². The molecular weight excluding hydrogens is 296 g/mol. The zero-order valence-electron chi connectivity index (χ0n) is 12.5. The van der Waals surface area contributed by atoms with Gasteiger partial charge in [0.05, 0.1) is 23.7 Å². The van der Waals surface area contributed by atoms with E-state index in [1.54, 1.807) is 4.90 Å². The van der Waals surface area contributed by atoms with Crippen LogP contribution >= 0.6 is 0 Å². The fourth-order valence-corrected chi connectivity index (χ4v) is 5.21.